The van der Waals surface area contributed by atoms with Gasteiger partial charge in [0.25, 0.3) is 5.91 Å². The number of carboxylic acids is 1. The summed E-state index contributed by atoms with van der Waals surface area (Å²) in [7, 11) is 0. The van der Waals surface area contributed by atoms with E-state index in [1.807, 2.05) is 6.92 Å². The van der Waals surface area contributed by atoms with E-state index >= 15 is 0 Å². The fourth-order valence-electron chi connectivity index (χ4n) is 4.22. The van der Waals surface area contributed by atoms with Crippen LogP contribution in [-0.2, 0) is 4.79 Å². The number of nitrogens with zero attached hydrogens (tertiary/aromatic N) is 4. The Kier molecular flexibility index (Phi) is 8.82. The molecule has 31 heavy (non-hydrogen) atoms. The molecule has 3 heterocycles. The lowest BCUT2D eigenvalue weighted by Gasteiger charge is -2.38. The van der Waals surface area contributed by atoms with Gasteiger partial charge in [-0.3, -0.25) is 4.79 Å². The Labute approximate surface area is 184 Å². The first-order valence-electron chi connectivity index (χ1n) is 10.6. The standard InChI is InChI=1S/C18H30N4OS.C2HF3O2/c1-14(2)6-12-21-10-4-7-18(9-13-21)8-5-11-22(18)17(23)16-15(3)19-20-24-16;3-2(4,5)1(6)7/h14H,4-13H2,1-3H3;(H,6,7). The molecule has 0 bridgehead atoms. The Morgan fingerprint density at radius 2 is 1.77 bits per heavy atom. The lowest BCUT2D eigenvalue weighted by molar-refractivity contribution is -0.192. The second-order valence-electron chi connectivity index (χ2n) is 8.65. The van der Waals surface area contributed by atoms with E-state index in [9.17, 15) is 18.0 Å². The molecular formula is C20H31F3N4O3S. The predicted molar refractivity (Wildman–Crippen MR) is 111 cm³/mol. The molecule has 2 aliphatic heterocycles. The summed E-state index contributed by atoms with van der Waals surface area (Å²) < 4.78 is 35.7. The van der Waals surface area contributed by atoms with Crippen LogP contribution in [0.15, 0.2) is 0 Å². The first-order valence-corrected chi connectivity index (χ1v) is 11.4. The number of aromatic nitrogens is 2. The number of likely N-dealkylation sites (tertiary alicyclic amines) is 2. The maximum atomic E-state index is 13.1. The third-order valence-corrected chi connectivity index (χ3v) is 6.78. The number of hydrogen-bond donors (Lipinski definition) is 1. The molecule has 0 aromatic carbocycles. The molecule has 176 valence electrons. The van der Waals surface area contributed by atoms with Crippen molar-refractivity contribution in [1.82, 2.24) is 19.4 Å². The molecule has 1 atom stereocenters. The van der Waals surface area contributed by atoms with E-state index in [4.69, 9.17) is 9.90 Å². The summed E-state index contributed by atoms with van der Waals surface area (Å²) >= 11 is 1.25. The first kappa shape index (κ1) is 25.5. The van der Waals surface area contributed by atoms with E-state index in [2.05, 4.69) is 33.2 Å². The van der Waals surface area contributed by atoms with Gasteiger partial charge < -0.3 is 14.9 Å². The highest BCUT2D eigenvalue weighted by Gasteiger charge is 2.45. The molecule has 0 saturated carbocycles. The summed E-state index contributed by atoms with van der Waals surface area (Å²) in [6, 6.07) is 0. The van der Waals surface area contributed by atoms with Crippen molar-refractivity contribution in [2.45, 2.75) is 71.0 Å². The van der Waals surface area contributed by atoms with Crippen LogP contribution in [0.1, 0.15) is 67.7 Å². The summed E-state index contributed by atoms with van der Waals surface area (Å²) in [6.45, 7) is 10.9. The molecule has 1 aromatic heterocycles. The predicted octanol–water partition coefficient (Wildman–Crippen LogP) is 3.99. The van der Waals surface area contributed by atoms with Gasteiger partial charge >= 0.3 is 12.1 Å². The van der Waals surface area contributed by atoms with Crippen molar-refractivity contribution >= 4 is 23.4 Å². The molecule has 2 aliphatic rings. The van der Waals surface area contributed by atoms with E-state index < -0.39 is 12.1 Å². The van der Waals surface area contributed by atoms with Gasteiger partial charge in [-0.2, -0.15) is 13.2 Å². The monoisotopic (exact) mass is 464 g/mol. The number of carboxylic acid groups (broad SMARTS) is 1. The number of aliphatic carboxylic acids is 1. The number of carbonyl (C=O) groups is 2. The second kappa shape index (κ2) is 10.7. The second-order valence-corrected chi connectivity index (χ2v) is 9.41. The van der Waals surface area contributed by atoms with Crippen molar-refractivity contribution in [3.63, 3.8) is 0 Å². The van der Waals surface area contributed by atoms with Crippen molar-refractivity contribution < 1.29 is 27.9 Å². The summed E-state index contributed by atoms with van der Waals surface area (Å²) in [5.41, 5.74) is 0.847. The topological polar surface area (TPSA) is 86.6 Å². The largest absolute Gasteiger partial charge is 0.490 e. The molecule has 0 aliphatic carbocycles. The number of rotatable bonds is 4. The smallest absolute Gasteiger partial charge is 0.475 e. The van der Waals surface area contributed by atoms with E-state index in [0.717, 1.165) is 55.3 Å². The number of aryl methyl sites for hydroxylation is 1. The zero-order valence-electron chi connectivity index (χ0n) is 18.2. The molecule has 1 N–H and O–H groups in total. The van der Waals surface area contributed by atoms with Crippen molar-refractivity contribution in [3.8, 4) is 0 Å². The Morgan fingerprint density at radius 3 is 2.29 bits per heavy atom. The third kappa shape index (κ3) is 6.86. The zero-order valence-corrected chi connectivity index (χ0v) is 19.1. The highest BCUT2D eigenvalue weighted by atomic mass is 32.1. The Morgan fingerprint density at radius 1 is 1.16 bits per heavy atom. The molecular weight excluding hydrogens is 433 g/mol. The van der Waals surface area contributed by atoms with Crippen molar-refractivity contribution in [2.75, 3.05) is 26.2 Å². The average Bonchev–Trinajstić information content (AvgIpc) is 3.22. The highest BCUT2D eigenvalue weighted by Crippen LogP contribution is 2.39. The molecule has 3 rings (SSSR count). The summed E-state index contributed by atoms with van der Waals surface area (Å²) in [4.78, 5) is 27.5. The zero-order chi connectivity index (χ0) is 23.2. The quantitative estimate of drug-likeness (QED) is 0.725. The van der Waals surface area contributed by atoms with Crippen LogP contribution in [0.4, 0.5) is 13.2 Å². The maximum Gasteiger partial charge on any atom is 0.490 e. The molecule has 7 nitrogen and oxygen atoms in total. The fourth-order valence-corrected chi connectivity index (χ4v) is 4.83. The molecule has 0 radical (unpaired) electrons. The van der Waals surface area contributed by atoms with E-state index in [0.29, 0.717) is 0 Å². The number of hydrogen-bond acceptors (Lipinski definition) is 6. The summed E-state index contributed by atoms with van der Waals surface area (Å²) in [6.07, 6.45) is 1.92. The fraction of sp³-hybridized carbons (Fsp3) is 0.800. The van der Waals surface area contributed by atoms with Crippen LogP contribution in [0, 0.1) is 12.8 Å². The minimum absolute atomic E-state index is 0.0695. The third-order valence-electron chi connectivity index (χ3n) is 5.96. The van der Waals surface area contributed by atoms with Crippen LogP contribution in [0.3, 0.4) is 0 Å². The van der Waals surface area contributed by atoms with Gasteiger partial charge in [-0.25, -0.2) is 4.79 Å². The minimum Gasteiger partial charge on any atom is -0.475 e. The Balaban J connectivity index is 0.000000423. The van der Waals surface area contributed by atoms with Crippen molar-refractivity contribution in [1.29, 1.82) is 0 Å². The molecule has 1 unspecified atom stereocenters. The van der Waals surface area contributed by atoms with Crippen LogP contribution < -0.4 is 0 Å². The molecule has 1 spiro atoms. The Hall–Kier alpha value is -1.75. The van der Waals surface area contributed by atoms with E-state index in [-0.39, 0.29) is 11.4 Å². The van der Waals surface area contributed by atoms with Crippen molar-refractivity contribution in [2.24, 2.45) is 5.92 Å². The molecule has 1 amide bonds. The van der Waals surface area contributed by atoms with Gasteiger partial charge in [0.2, 0.25) is 0 Å². The molecule has 2 saturated heterocycles. The lowest BCUT2D eigenvalue weighted by atomic mass is 9.87. The van der Waals surface area contributed by atoms with Gasteiger partial charge in [-0.15, -0.1) is 5.10 Å². The number of amides is 1. The van der Waals surface area contributed by atoms with Crippen LogP contribution in [0.5, 0.6) is 0 Å². The molecule has 11 heteroatoms. The molecule has 2 fully saturated rings. The lowest BCUT2D eigenvalue weighted by Crippen LogP contribution is -2.48. The highest BCUT2D eigenvalue weighted by molar-refractivity contribution is 7.07. The van der Waals surface area contributed by atoms with Gasteiger partial charge in [0.15, 0.2) is 0 Å². The van der Waals surface area contributed by atoms with E-state index in [1.54, 1.807) is 0 Å². The SMILES string of the molecule is Cc1nnsc1C(=O)N1CCCC12CCCN(CCC(C)C)CC2.O=C(O)C(F)(F)F. The average molecular weight is 465 g/mol. The van der Waals surface area contributed by atoms with Gasteiger partial charge in [-0.05, 0) is 76.0 Å². The number of alkyl halides is 3. The minimum atomic E-state index is -5.08. The molecule has 1 aromatic rings. The van der Waals surface area contributed by atoms with Gasteiger partial charge in [-0.1, -0.05) is 18.3 Å². The van der Waals surface area contributed by atoms with Crippen LogP contribution in [-0.4, -0.2) is 74.3 Å². The van der Waals surface area contributed by atoms with Gasteiger partial charge in [0.1, 0.15) is 4.88 Å². The number of carbonyl (C=O) groups excluding carboxylic acids is 1. The van der Waals surface area contributed by atoms with E-state index in [1.165, 1.54) is 37.5 Å². The Bertz CT molecular complexity index is 756. The first-order chi connectivity index (χ1) is 14.5. The van der Waals surface area contributed by atoms with Crippen molar-refractivity contribution in [3.05, 3.63) is 10.6 Å². The van der Waals surface area contributed by atoms with Gasteiger partial charge in [0.05, 0.1) is 5.69 Å². The summed E-state index contributed by atoms with van der Waals surface area (Å²) in [5, 5.41) is 11.2. The summed E-state index contributed by atoms with van der Waals surface area (Å²) in [5.74, 6) is -1.84. The van der Waals surface area contributed by atoms with Crippen LogP contribution in [0.2, 0.25) is 0 Å². The maximum absolute atomic E-state index is 13.1. The number of halogens is 3. The van der Waals surface area contributed by atoms with Crippen LogP contribution in [0.25, 0.3) is 0 Å². The van der Waals surface area contributed by atoms with Crippen LogP contribution >= 0.6 is 11.5 Å². The van der Waals surface area contributed by atoms with Gasteiger partial charge in [0, 0.05) is 18.6 Å². The normalized spacial score (nSPS) is 22.4.